The van der Waals surface area contributed by atoms with Crippen LogP contribution in [0, 0.1) is 0 Å². The summed E-state index contributed by atoms with van der Waals surface area (Å²) in [4.78, 5) is 4.32. The molecule has 0 fully saturated rings. The Labute approximate surface area is 104 Å². The van der Waals surface area contributed by atoms with Crippen LogP contribution in [0.15, 0.2) is 23.2 Å². The predicted octanol–water partition coefficient (Wildman–Crippen LogP) is 2.54. The van der Waals surface area contributed by atoms with Crippen molar-refractivity contribution in [3.05, 3.63) is 28.8 Å². The van der Waals surface area contributed by atoms with Crippen LogP contribution in [0.4, 0.5) is 0 Å². The Kier molecular flexibility index (Phi) is 3.96. The normalized spacial score (nSPS) is 14.8. The number of methoxy groups -OCH3 is 1. The number of hydrogen-bond donors (Lipinski definition) is 1. The third-order valence-electron chi connectivity index (χ3n) is 2.27. The zero-order valence-electron chi connectivity index (χ0n) is 9.00. The van der Waals surface area contributed by atoms with Crippen molar-refractivity contribution >= 4 is 28.5 Å². The lowest BCUT2D eigenvalue weighted by Crippen LogP contribution is -2.18. The van der Waals surface area contributed by atoms with E-state index in [1.807, 2.05) is 18.2 Å². The van der Waals surface area contributed by atoms with E-state index in [2.05, 4.69) is 10.3 Å². The van der Waals surface area contributed by atoms with Crippen LogP contribution < -0.4 is 10.1 Å². The molecule has 3 nitrogen and oxygen atoms in total. The molecule has 0 radical (unpaired) electrons. The number of benzene rings is 1. The van der Waals surface area contributed by atoms with Crippen molar-refractivity contribution in [2.45, 2.75) is 6.54 Å². The van der Waals surface area contributed by atoms with Crippen molar-refractivity contribution in [3.8, 4) is 5.75 Å². The molecule has 0 saturated carbocycles. The van der Waals surface area contributed by atoms with Crippen LogP contribution in [0.3, 0.4) is 0 Å². The zero-order chi connectivity index (χ0) is 11.4. The molecule has 1 aliphatic heterocycles. The van der Waals surface area contributed by atoms with E-state index in [0.29, 0.717) is 11.6 Å². The maximum Gasteiger partial charge on any atom is 0.156 e. The van der Waals surface area contributed by atoms with E-state index in [0.717, 1.165) is 28.8 Å². The number of hydrogen-bond acceptors (Lipinski definition) is 4. The summed E-state index contributed by atoms with van der Waals surface area (Å²) >= 11 is 7.78. The molecular formula is C11H13ClN2OS. The molecule has 16 heavy (non-hydrogen) atoms. The van der Waals surface area contributed by atoms with Gasteiger partial charge in [-0.1, -0.05) is 35.5 Å². The summed E-state index contributed by atoms with van der Waals surface area (Å²) in [5.41, 5.74) is 1.05. The van der Waals surface area contributed by atoms with Gasteiger partial charge in [0, 0.05) is 17.9 Å². The summed E-state index contributed by atoms with van der Waals surface area (Å²) in [5, 5.41) is 4.92. The monoisotopic (exact) mass is 256 g/mol. The third kappa shape index (κ3) is 2.62. The minimum atomic E-state index is 0.641. The molecule has 1 aliphatic rings. The first-order valence-electron chi connectivity index (χ1n) is 5.04. The molecule has 0 unspecified atom stereocenters. The number of nitrogens with zero attached hydrogens (tertiary/aromatic N) is 1. The molecule has 1 aromatic rings. The molecule has 0 bridgehead atoms. The van der Waals surface area contributed by atoms with Crippen molar-refractivity contribution in [3.63, 3.8) is 0 Å². The lowest BCUT2D eigenvalue weighted by Gasteiger charge is -2.11. The van der Waals surface area contributed by atoms with Crippen molar-refractivity contribution in [2.75, 3.05) is 19.4 Å². The first-order valence-corrected chi connectivity index (χ1v) is 6.40. The van der Waals surface area contributed by atoms with Crippen LogP contribution >= 0.6 is 23.4 Å². The van der Waals surface area contributed by atoms with Gasteiger partial charge in [-0.05, 0) is 6.07 Å². The number of thioether (sulfide) groups is 1. The fourth-order valence-electron chi connectivity index (χ4n) is 1.53. The largest absolute Gasteiger partial charge is 0.495 e. The summed E-state index contributed by atoms with van der Waals surface area (Å²) in [6.07, 6.45) is 0. The SMILES string of the molecule is COc1c(Cl)cccc1CNC1=NCCS1. The number of para-hydroxylation sites is 1. The van der Waals surface area contributed by atoms with Gasteiger partial charge in [-0.25, -0.2) is 0 Å². The van der Waals surface area contributed by atoms with Gasteiger partial charge >= 0.3 is 0 Å². The van der Waals surface area contributed by atoms with Crippen LogP contribution in [0.1, 0.15) is 5.56 Å². The first kappa shape index (κ1) is 11.6. The second kappa shape index (κ2) is 5.46. The highest BCUT2D eigenvalue weighted by molar-refractivity contribution is 8.14. The molecule has 86 valence electrons. The lowest BCUT2D eigenvalue weighted by molar-refractivity contribution is 0.409. The van der Waals surface area contributed by atoms with Crippen molar-refractivity contribution in [2.24, 2.45) is 4.99 Å². The molecule has 0 amide bonds. The van der Waals surface area contributed by atoms with Gasteiger partial charge in [-0.3, -0.25) is 4.99 Å². The van der Waals surface area contributed by atoms with Gasteiger partial charge in [-0.2, -0.15) is 0 Å². The predicted molar refractivity (Wildman–Crippen MR) is 69.6 cm³/mol. The zero-order valence-corrected chi connectivity index (χ0v) is 10.6. The molecule has 1 aromatic carbocycles. The lowest BCUT2D eigenvalue weighted by atomic mass is 10.2. The van der Waals surface area contributed by atoms with Gasteiger partial charge in [0.15, 0.2) is 5.17 Å². The standard InChI is InChI=1S/C11H13ClN2OS/c1-15-10-8(3-2-4-9(10)12)7-14-11-13-5-6-16-11/h2-4H,5-7H2,1H3,(H,13,14). The van der Waals surface area contributed by atoms with Crippen LogP contribution in [0.2, 0.25) is 5.02 Å². The topological polar surface area (TPSA) is 33.6 Å². The summed E-state index contributed by atoms with van der Waals surface area (Å²) in [6.45, 7) is 1.59. The number of nitrogens with one attached hydrogen (secondary N) is 1. The number of aliphatic imine (C=N–C) groups is 1. The van der Waals surface area contributed by atoms with E-state index in [4.69, 9.17) is 16.3 Å². The second-order valence-electron chi connectivity index (χ2n) is 3.32. The minimum Gasteiger partial charge on any atom is -0.495 e. The highest BCUT2D eigenvalue weighted by atomic mass is 35.5. The molecule has 0 atom stereocenters. The Hall–Kier alpha value is -0.870. The summed E-state index contributed by atoms with van der Waals surface area (Å²) < 4.78 is 5.27. The van der Waals surface area contributed by atoms with Crippen molar-refractivity contribution in [1.82, 2.24) is 5.32 Å². The van der Waals surface area contributed by atoms with Crippen LogP contribution in [0.5, 0.6) is 5.75 Å². The highest BCUT2D eigenvalue weighted by Crippen LogP contribution is 2.28. The molecule has 1 heterocycles. The molecule has 5 heteroatoms. The van der Waals surface area contributed by atoms with E-state index in [-0.39, 0.29) is 0 Å². The summed E-state index contributed by atoms with van der Waals surface area (Å²) in [6, 6.07) is 5.75. The Morgan fingerprint density at radius 1 is 1.56 bits per heavy atom. The first-order chi connectivity index (χ1) is 7.81. The fourth-order valence-corrected chi connectivity index (χ4v) is 2.54. The van der Waals surface area contributed by atoms with Crippen molar-refractivity contribution in [1.29, 1.82) is 0 Å². The summed E-state index contributed by atoms with van der Waals surface area (Å²) in [5.74, 6) is 1.80. The number of halogens is 1. The maximum absolute atomic E-state index is 6.04. The van der Waals surface area contributed by atoms with Gasteiger partial charge in [-0.15, -0.1) is 0 Å². The Morgan fingerprint density at radius 3 is 3.12 bits per heavy atom. The molecule has 2 rings (SSSR count). The Balaban J connectivity index is 2.05. The fraction of sp³-hybridized carbons (Fsp3) is 0.364. The van der Waals surface area contributed by atoms with E-state index >= 15 is 0 Å². The van der Waals surface area contributed by atoms with Crippen LogP contribution in [-0.2, 0) is 6.54 Å². The van der Waals surface area contributed by atoms with Crippen LogP contribution in [0.25, 0.3) is 0 Å². The molecule has 1 N–H and O–H groups in total. The quantitative estimate of drug-likeness (QED) is 0.902. The molecule has 0 spiro atoms. The number of ether oxygens (including phenoxy) is 1. The number of rotatable bonds is 3. The van der Waals surface area contributed by atoms with E-state index < -0.39 is 0 Å². The third-order valence-corrected chi connectivity index (χ3v) is 3.50. The van der Waals surface area contributed by atoms with E-state index in [9.17, 15) is 0 Å². The molecular weight excluding hydrogens is 244 g/mol. The van der Waals surface area contributed by atoms with Crippen LogP contribution in [-0.4, -0.2) is 24.6 Å². The van der Waals surface area contributed by atoms with Crippen molar-refractivity contribution < 1.29 is 4.74 Å². The van der Waals surface area contributed by atoms with Gasteiger partial charge in [0.05, 0.1) is 18.7 Å². The highest BCUT2D eigenvalue weighted by Gasteiger charge is 2.10. The average molecular weight is 257 g/mol. The maximum atomic E-state index is 6.04. The molecule has 0 aliphatic carbocycles. The van der Waals surface area contributed by atoms with Gasteiger partial charge in [0.25, 0.3) is 0 Å². The average Bonchev–Trinajstić information content (AvgIpc) is 2.79. The Bertz CT molecular complexity index is 409. The Morgan fingerprint density at radius 2 is 2.44 bits per heavy atom. The number of amidine groups is 1. The van der Waals surface area contributed by atoms with Gasteiger partial charge in [0.2, 0.25) is 0 Å². The minimum absolute atomic E-state index is 0.641. The van der Waals surface area contributed by atoms with Gasteiger partial charge in [0.1, 0.15) is 5.75 Å². The summed E-state index contributed by atoms with van der Waals surface area (Å²) in [7, 11) is 1.63. The smallest absolute Gasteiger partial charge is 0.156 e. The van der Waals surface area contributed by atoms with Gasteiger partial charge < -0.3 is 10.1 Å². The van der Waals surface area contributed by atoms with E-state index in [1.54, 1.807) is 18.9 Å². The second-order valence-corrected chi connectivity index (χ2v) is 4.81. The molecule has 0 aromatic heterocycles. The van der Waals surface area contributed by atoms with E-state index in [1.165, 1.54) is 0 Å². The molecule has 0 saturated heterocycles.